The van der Waals surface area contributed by atoms with Gasteiger partial charge in [0, 0.05) is 18.5 Å². The number of unbranched alkanes of at least 4 members (excludes halogenated alkanes) is 2. The Labute approximate surface area is 126 Å². The Morgan fingerprint density at radius 3 is 2.57 bits per heavy atom. The van der Waals surface area contributed by atoms with Gasteiger partial charge in [-0.05, 0) is 12.8 Å². The molecule has 2 rings (SSSR count). The van der Waals surface area contributed by atoms with Crippen molar-refractivity contribution in [1.82, 2.24) is 9.97 Å². The first-order chi connectivity index (χ1) is 10.2. The highest BCUT2D eigenvalue weighted by molar-refractivity contribution is 5.10. The Morgan fingerprint density at radius 1 is 1.19 bits per heavy atom. The zero-order valence-electron chi connectivity index (χ0n) is 13.0. The predicted octanol–water partition coefficient (Wildman–Crippen LogP) is 3.81. The van der Waals surface area contributed by atoms with Crippen molar-refractivity contribution >= 4 is 0 Å². The van der Waals surface area contributed by atoms with Crippen LogP contribution in [-0.2, 0) is 15.9 Å². The zero-order valence-corrected chi connectivity index (χ0v) is 13.0. The molecule has 4 nitrogen and oxygen atoms in total. The normalized spacial score (nSPS) is 22.4. The van der Waals surface area contributed by atoms with Crippen LogP contribution < -0.4 is 0 Å². The van der Waals surface area contributed by atoms with Crippen LogP contribution in [0.3, 0.4) is 0 Å². The second-order valence-electron chi connectivity index (χ2n) is 5.64. The fraction of sp³-hybridized carbons (Fsp3) is 0.750. The van der Waals surface area contributed by atoms with Gasteiger partial charge in [0.15, 0.2) is 6.29 Å². The van der Waals surface area contributed by atoms with Crippen LogP contribution in [0.4, 0.5) is 4.39 Å². The topological polar surface area (TPSA) is 44.2 Å². The van der Waals surface area contributed by atoms with Gasteiger partial charge >= 0.3 is 0 Å². The summed E-state index contributed by atoms with van der Waals surface area (Å²) in [5.41, 5.74) is 0.307. The number of halogens is 1. The Morgan fingerprint density at radius 2 is 1.95 bits per heavy atom. The van der Waals surface area contributed by atoms with Crippen LogP contribution in [0.25, 0.3) is 0 Å². The van der Waals surface area contributed by atoms with Crippen molar-refractivity contribution in [1.29, 1.82) is 0 Å². The van der Waals surface area contributed by atoms with Crippen LogP contribution in [0.5, 0.6) is 0 Å². The highest BCUT2D eigenvalue weighted by atomic mass is 19.1. The zero-order chi connectivity index (χ0) is 15.1. The van der Waals surface area contributed by atoms with Gasteiger partial charge in [-0.25, -0.2) is 9.97 Å². The molecule has 5 heteroatoms. The highest BCUT2D eigenvalue weighted by Gasteiger charge is 2.26. The van der Waals surface area contributed by atoms with Crippen LogP contribution in [0, 0.1) is 11.9 Å². The summed E-state index contributed by atoms with van der Waals surface area (Å²) in [6, 6.07) is 0. The molecule has 1 aromatic heterocycles. The third-order valence-electron chi connectivity index (χ3n) is 3.73. The molecule has 118 valence electrons. The summed E-state index contributed by atoms with van der Waals surface area (Å²) in [5.74, 6) is 0.422. The Bertz CT molecular complexity index is 434. The monoisotopic (exact) mass is 296 g/mol. The van der Waals surface area contributed by atoms with E-state index >= 15 is 0 Å². The Hall–Kier alpha value is -1.07. The fourth-order valence-corrected chi connectivity index (χ4v) is 2.48. The summed E-state index contributed by atoms with van der Waals surface area (Å²) < 4.78 is 25.3. The Kier molecular flexibility index (Phi) is 6.51. The van der Waals surface area contributed by atoms with E-state index in [-0.39, 0.29) is 0 Å². The molecule has 1 aliphatic rings. The minimum Gasteiger partial charge on any atom is -0.348 e. The molecular weight excluding hydrogens is 271 g/mol. The summed E-state index contributed by atoms with van der Waals surface area (Å²) in [4.78, 5) is 8.05. The van der Waals surface area contributed by atoms with Gasteiger partial charge in [-0.15, -0.1) is 0 Å². The van der Waals surface area contributed by atoms with Crippen molar-refractivity contribution in [3.63, 3.8) is 0 Å². The highest BCUT2D eigenvalue weighted by Crippen LogP contribution is 2.28. The average molecular weight is 296 g/mol. The van der Waals surface area contributed by atoms with Gasteiger partial charge in [-0.1, -0.05) is 33.1 Å². The van der Waals surface area contributed by atoms with Gasteiger partial charge < -0.3 is 9.47 Å². The second kappa shape index (κ2) is 8.39. The summed E-state index contributed by atoms with van der Waals surface area (Å²) in [7, 11) is 0. The molecule has 0 unspecified atom stereocenters. The van der Waals surface area contributed by atoms with E-state index in [2.05, 4.69) is 16.9 Å². The van der Waals surface area contributed by atoms with E-state index in [1.807, 2.05) is 6.92 Å². The molecule has 0 N–H and O–H groups in total. The average Bonchev–Trinajstić information content (AvgIpc) is 2.49. The number of rotatable bonds is 7. The maximum absolute atomic E-state index is 14.0. The van der Waals surface area contributed by atoms with Crippen molar-refractivity contribution in [3.8, 4) is 0 Å². The molecule has 0 radical (unpaired) electrons. The van der Waals surface area contributed by atoms with Crippen LogP contribution in [0.15, 0.2) is 6.20 Å². The molecule has 1 aliphatic heterocycles. The van der Waals surface area contributed by atoms with E-state index < -0.39 is 12.2 Å². The van der Waals surface area contributed by atoms with Crippen molar-refractivity contribution in [2.75, 3.05) is 13.2 Å². The molecule has 1 saturated heterocycles. The van der Waals surface area contributed by atoms with Gasteiger partial charge in [0.1, 0.15) is 5.82 Å². The van der Waals surface area contributed by atoms with Crippen molar-refractivity contribution in [2.45, 2.75) is 58.7 Å². The first-order valence-corrected chi connectivity index (χ1v) is 7.99. The minimum absolute atomic E-state index is 0.307. The lowest BCUT2D eigenvalue weighted by atomic mass is 10.0. The van der Waals surface area contributed by atoms with Gasteiger partial charge in [0.2, 0.25) is 5.95 Å². The van der Waals surface area contributed by atoms with Gasteiger partial charge in [0.25, 0.3) is 0 Å². The lowest BCUT2D eigenvalue weighted by molar-refractivity contribution is -0.207. The van der Waals surface area contributed by atoms with Crippen LogP contribution >= 0.6 is 0 Å². The third-order valence-corrected chi connectivity index (χ3v) is 3.73. The molecule has 0 atom stereocenters. The van der Waals surface area contributed by atoms with Gasteiger partial charge in [-0.2, -0.15) is 4.39 Å². The number of hydrogen-bond acceptors (Lipinski definition) is 4. The molecule has 1 aromatic rings. The van der Waals surface area contributed by atoms with Crippen molar-refractivity contribution < 1.29 is 13.9 Å². The number of ether oxygens (including phenoxy) is 2. The van der Waals surface area contributed by atoms with E-state index in [4.69, 9.17) is 9.47 Å². The summed E-state index contributed by atoms with van der Waals surface area (Å²) in [5, 5.41) is 0. The molecule has 0 bridgehead atoms. The van der Waals surface area contributed by atoms with E-state index in [1.165, 1.54) is 25.5 Å². The Balaban J connectivity index is 1.87. The maximum Gasteiger partial charge on any atom is 0.224 e. The third kappa shape index (κ3) is 4.71. The van der Waals surface area contributed by atoms with Crippen molar-refractivity contribution in [3.05, 3.63) is 23.5 Å². The minimum atomic E-state index is -0.664. The summed E-state index contributed by atoms with van der Waals surface area (Å²) in [6.45, 7) is 5.44. The van der Waals surface area contributed by atoms with E-state index in [9.17, 15) is 4.39 Å². The van der Waals surface area contributed by atoms with Crippen molar-refractivity contribution in [2.24, 2.45) is 5.92 Å². The van der Waals surface area contributed by atoms with Crippen LogP contribution in [-0.4, -0.2) is 23.2 Å². The number of hydrogen-bond donors (Lipinski definition) is 0. The molecule has 0 spiro atoms. The summed E-state index contributed by atoms with van der Waals surface area (Å²) in [6.07, 6.45) is 7.16. The largest absolute Gasteiger partial charge is 0.348 e. The van der Waals surface area contributed by atoms with Crippen LogP contribution in [0.2, 0.25) is 0 Å². The first kappa shape index (κ1) is 16.3. The number of nitrogens with zero attached hydrogens (tertiary/aromatic N) is 2. The maximum atomic E-state index is 14.0. The number of aromatic nitrogens is 2. The van der Waals surface area contributed by atoms with Crippen LogP contribution in [0.1, 0.15) is 63.6 Å². The van der Waals surface area contributed by atoms with E-state index in [1.54, 1.807) is 0 Å². The molecule has 1 fully saturated rings. The SMILES string of the molecule is CCCCCC1COC(c2cnc(CCC)nc2F)OC1. The molecule has 0 aromatic carbocycles. The molecule has 0 aliphatic carbocycles. The lowest BCUT2D eigenvalue weighted by Gasteiger charge is -2.29. The quantitative estimate of drug-likeness (QED) is 0.567. The first-order valence-electron chi connectivity index (χ1n) is 7.99. The van der Waals surface area contributed by atoms with E-state index in [0.717, 1.165) is 12.8 Å². The lowest BCUT2D eigenvalue weighted by Crippen LogP contribution is -2.28. The standard InChI is InChI=1S/C16H25FN2O2/c1-3-5-6-8-12-10-20-16(21-11-12)13-9-18-14(7-4-2)19-15(13)17/h9,12,16H,3-8,10-11H2,1-2H3. The van der Waals surface area contributed by atoms with Gasteiger partial charge in [0.05, 0.1) is 18.8 Å². The smallest absolute Gasteiger partial charge is 0.224 e. The number of aryl methyl sites for hydroxylation is 1. The predicted molar refractivity (Wildman–Crippen MR) is 78.3 cm³/mol. The molecule has 0 amide bonds. The molecule has 2 heterocycles. The fourth-order valence-electron chi connectivity index (χ4n) is 2.48. The van der Waals surface area contributed by atoms with E-state index in [0.29, 0.717) is 36.9 Å². The molecule has 21 heavy (non-hydrogen) atoms. The molecule has 0 saturated carbocycles. The summed E-state index contributed by atoms with van der Waals surface area (Å²) >= 11 is 0. The van der Waals surface area contributed by atoms with Gasteiger partial charge in [-0.3, -0.25) is 0 Å². The molecular formula is C16H25FN2O2. The second-order valence-corrected chi connectivity index (χ2v) is 5.64.